The number of hydrogen-bond acceptors (Lipinski definition) is 3. The van der Waals surface area contributed by atoms with E-state index in [0.29, 0.717) is 13.1 Å². The largest absolute Gasteiger partial charge is 0.480 e. The summed E-state index contributed by atoms with van der Waals surface area (Å²) in [7, 11) is 0. The van der Waals surface area contributed by atoms with Crippen LogP contribution in [-0.4, -0.2) is 54.2 Å². The van der Waals surface area contributed by atoms with Crippen molar-refractivity contribution in [1.29, 1.82) is 0 Å². The fourth-order valence-electron chi connectivity index (χ4n) is 1.39. The number of rotatable bonds is 2. The Morgan fingerprint density at radius 1 is 1.40 bits per heavy atom. The van der Waals surface area contributed by atoms with Gasteiger partial charge in [0.15, 0.2) is 0 Å². The summed E-state index contributed by atoms with van der Waals surface area (Å²) in [5, 5.41) is 14.2. The van der Waals surface area contributed by atoms with Gasteiger partial charge >= 0.3 is 12.0 Å². The normalized spacial score (nSPS) is 19.1. The Morgan fingerprint density at radius 3 is 2.80 bits per heavy atom. The summed E-state index contributed by atoms with van der Waals surface area (Å²) < 4.78 is 0. The zero-order chi connectivity index (χ0) is 11.3. The van der Waals surface area contributed by atoms with E-state index in [1.165, 1.54) is 6.92 Å². The summed E-state index contributed by atoms with van der Waals surface area (Å²) >= 11 is 0. The minimum absolute atomic E-state index is 0.298. The van der Waals surface area contributed by atoms with Crippen molar-refractivity contribution in [2.75, 3.05) is 26.2 Å². The van der Waals surface area contributed by atoms with Gasteiger partial charge in [0.1, 0.15) is 6.04 Å². The quantitative estimate of drug-likeness (QED) is 0.578. The van der Waals surface area contributed by atoms with Crippen LogP contribution in [0.2, 0.25) is 0 Å². The summed E-state index contributed by atoms with van der Waals surface area (Å²) in [6, 6.07) is -1.14. The van der Waals surface area contributed by atoms with Crippen LogP contribution in [-0.2, 0) is 4.79 Å². The third kappa shape index (κ3) is 3.75. The van der Waals surface area contributed by atoms with Gasteiger partial charge in [-0.1, -0.05) is 0 Å². The lowest BCUT2D eigenvalue weighted by Gasteiger charge is -2.21. The highest BCUT2D eigenvalue weighted by molar-refractivity contribution is 5.82. The van der Waals surface area contributed by atoms with E-state index in [1.807, 2.05) is 0 Å². The minimum atomic E-state index is -1.02. The molecule has 3 N–H and O–H groups in total. The van der Waals surface area contributed by atoms with Gasteiger partial charge in [0.05, 0.1) is 0 Å². The van der Waals surface area contributed by atoms with E-state index < -0.39 is 12.0 Å². The van der Waals surface area contributed by atoms with Gasteiger partial charge in [0.2, 0.25) is 0 Å². The molecule has 15 heavy (non-hydrogen) atoms. The number of nitrogens with one attached hydrogen (secondary N) is 2. The predicted molar refractivity (Wildman–Crippen MR) is 54.7 cm³/mol. The molecule has 0 radical (unpaired) electrons. The maximum absolute atomic E-state index is 11.6. The monoisotopic (exact) mass is 215 g/mol. The van der Waals surface area contributed by atoms with Gasteiger partial charge in [-0.25, -0.2) is 4.79 Å². The highest BCUT2D eigenvalue weighted by Crippen LogP contribution is 1.96. The highest BCUT2D eigenvalue weighted by atomic mass is 16.4. The van der Waals surface area contributed by atoms with Gasteiger partial charge in [-0.15, -0.1) is 0 Å². The van der Waals surface area contributed by atoms with Crippen molar-refractivity contribution in [3.63, 3.8) is 0 Å². The molecule has 6 heteroatoms. The molecule has 0 aliphatic carbocycles. The second kappa shape index (κ2) is 5.55. The number of amides is 2. The second-order valence-electron chi connectivity index (χ2n) is 3.60. The Balaban J connectivity index is 2.41. The zero-order valence-corrected chi connectivity index (χ0v) is 8.82. The molecule has 1 saturated heterocycles. The Kier molecular flexibility index (Phi) is 4.36. The maximum Gasteiger partial charge on any atom is 0.325 e. The second-order valence-corrected chi connectivity index (χ2v) is 3.60. The first-order valence-electron chi connectivity index (χ1n) is 5.10. The number of hydrogen-bond donors (Lipinski definition) is 3. The van der Waals surface area contributed by atoms with E-state index in [4.69, 9.17) is 5.11 Å². The van der Waals surface area contributed by atoms with Gasteiger partial charge in [-0.2, -0.15) is 0 Å². The van der Waals surface area contributed by atoms with Crippen molar-refractivity contribution in [3.05, 3.63) is 0 Å². The van der Waals surface area contributed by atoms with Crippen molar-refractivity contribution in [3.8, 4) is 0 Å². The molecule has 0 aromatic rings. The fraction of sp³-hybridized carbons (Fsp3) is 0.778. The molecule has 6 nitrogen and oxygen atoms in total. The molecule has 1 fully saturated rings. The van der Waals surface area contributed by atoms with Gasteiger partial charge in [-0.3, -0.25) is 4.79 Å². The number of nitrogens with zero attached hydrogens (tertiary/aromatic N) is 1. The third-order valence-electron chi connectivity index (χ3n) is 2.34. The first-order valence-corrected chi connectivity index (χ1v) is 5.10. The average Bonchev–Trinajstić information content (AvgIpc) is 2.45. The van der Waals surface area contributed by atoms with Crippen molar-refractivity contribution in [1.82, 2.24) is 15.5 Å². The van der Waals surface area contributed by atoms with E-state index in [0.717, 1.165) is 19.5 Å². The predicted octanol–water partition coefficient (Wildman–Crippen LogP) is -0.536. The SMILES string of the molecule is CC(NC(=O)N1CCCNCC1)C(=O)O. The van der Waals surface area contributed by atoms with Gasteiger partial charge in [-0.05, 0) is 19.9 Å². The van der Waals surface area contributed by atoms with Crippen LogP contribution in [0.1, 0.15) is 13.3 Å². The van der Waals surface area contributed by atoms with Crippen molar-refractivity contribution in [2.24, 2.45) is 0 Å². The molecular formula is C9H17N3O3. The molecule has 1 atom stereocenters. The fourth-order valence-corrected chi connectivity index (χ4v) is 1.39. The van der Waals surface area contributed by atoms with Crippen LogP contribution in [0.3, 0.4) is 0 Å². The number of carbonyl (C=O) groups excluding carboxylic acids is 1. The molecule has 2 amide bonds. The van der Waals surface area contributed by atoms with Crippen LogP contribution in [0, 0.1) is 0 Å². The lowest BCUT2D eigenvalue weighted by Crippen LogP contribution is -2.47. The van der Waals surface area contributed by atoms with Gasteiger partial charge in [0.25, 0.3) is 0 Å². The Labute approximate surface area is 88.6 Å². The number of urea groups is 1. The van der Waals surface area contributed by atoms with Crippen LogP contribution in [0.5, 0.6) is 0 Å². The number of carboxylic acids is 1. The zero-order valence-electron chi connectivity index (χ0n) is 8.82. The van der Waals surface area contributed by atoms with Gasteiger partial charge in [0, 0.05) is 19.6 Å². The van der Waals surface area contributed by atoms with Crippen LogP contribution >= 0.6 is 0 Å². The topological polar surface area (TPSA) is 81.7 Å². The van der Waals surface area contributed by atoms with E-state index in [2.05, 4.69) is 10.6 Å². The lowest BCUT2D eigenvalue weighted by molar-refractivity contribution is -0.138. The number of carbonyl (C=O) groups is 2. The van der Waals surface area contributed by atoms with E-state index >= 15 is 0 Å². The molecule has 1 aliphatic rings. The molecule has 0 aromatic heterocycles. The summed E-state index contributed by atoms with van der Waals surface area (Å²) in [6.07, 6.45) is 0.898. The summed E-state index contributed by atoms with van der Waals surface area (Å²) in [6.45, 7) is 4.41. The first-order chi connectivity index (χ1) is 7.11. The molecule has 1 unspecified atom stereocenters. The average molecular weight is 215 g/mol. The Hall–Kier alpha value is -1.30. The molecular weight excluding hydrogens is 198 g/mol. The van der Waals surface area contributed by atoms with Crippen LogP contribution < -0.4 is 10.6 Å². The molecule has 1 aliphatic heterocycles. The molecule has 0 spiro atoms. The van der Waals surface area contributed by atoms with Crippen LogP contribution in [0.4, 0.5) is 4.79 Å². The van der Waals surface area contributed by atoms with Crippen LogP contribution in [0.15, 0.2) is 0 Å². The molecule has 86 valence electrons. The third-order valence-corrected chi connectivity index (χ3v) is 2.34. The van der Waals surface area contributed by atoms with Crippen molar-refractivity contribution < 1.29 is 14.7 Å². The maximum atomic E-state index is 11.6. The first kappa shape index (κ1) is 11.8. The molecule has 1 rings (SSSR count). The Morgan fingerprint density at radius 2 is 2.13 bits per heavy atom. The van der Waals surface area contributed by atoms with E-state index in [9.17, 15) is 9.59 Å². The molecule has 0 aromatic carbocycles. The highest BCUT2D eigenvalue weighted by Gasteiger charge is 2.19. The smallest absolute Gasteiger partial charge is 0.325 e. The summed E-state index contributed by atoms with van der Waals surface area (Å²) in [5.41, 5.74) is 0. The summed E-state index contributed by atoms with van der Waals surface area (Å²) in [4.78, 5) is 23.8. The van der Waals surface area contributed by atoms with Crippen molar-refractivity contribution in [2.45, 2.75) is 19.4 Å². The number of aliphatic carboxylic acids is 1. The Bertz CT molecular complexity index is 237. The molecule has 1 heterocycles. The van der Waals surface area contributed by atoms with Crippen LogP contribution in [0.25, 0.3) is 0 Å². The number of carboxylic acid groups (broad SMARTS) is 1. The molecule has 0 saturated carbocycles. The van der Waals surface area contributed by atoms with Gasteiger partial charge < -0.3 is 20.6 Å². The van der Waals surface area contributed by atoms with E-state index in [-0.39, 0.29) is 6.03 Å². The molecule has 0 bridgehead atoms. The minimum Gasteiger partial charge on any atom is -0.480 e. The van der Waals surface area contributed by atoms with E-state index in [1.54, 1.807) is 4.90 Å². The summed E-state index contributed by atoms with van der Waals surface area (Å²) in [5.74, 6) is -1.02. The standard InChI is InChI=1S/C9H17N3O3/c1-7(8(13)14)11-9(15)12-5-2-3-10-4-6-12/h7,10H,2-6H2,1H3,(H,11,15)(H,13,14). The lowest BCUT2D eigenvalue weighted by atomic mass is 10.3. The van der Waals surface area contributed by atoms with Crippen molar-refractivity contribution >= 4 is 12.0 Å².